The highest BCUT2D eigenvalue weighted by molar-refractivity contribution is 7.09. The maximum Gasteiger partial charge on any atom is 0.0700 e. The summed E-state index contributed by atoms with van der Waals surface area (Å²) in [6.45, 7) is 4.97. The Bertz CT molecular complexity index is 271. The molecule has 2 heterocycles. The molecule has 0 aromatic carbocycles. The van der Waals surface area contributed by atoms with E-state index < -0.39 is 0 Å². The van der Waals surface area contributed by atoms with Gasteiger partial charge in [0.1, 0.15) is 0 Å². The fourth-order valence-electron chi connectivity index (χ4n) is 1.87. The number of nitrogens with one attached hydrogen (secondary N) is 2. The predicted octanol–water partition coefficient (Wildman–Crippen LogP) is 1.61. The summed E-state index contributed by atoms with van der Waals surface area (Å²) in [5.74, 6) is 0. The standard InChI is InChI=1S/C12H20N2OS/c1-3-11(15-7-1)9-13-5-6-14-10-12-4-2-8-16-12/h2,4,8,11,13-14H,1,3,5-7,9-10H2. The Morgan fingerprint density at radius 3 is 3.06 bits per heavy atom. The topological polar surface area (TPSA) is 33.3 Å². The molecule has 3 nitrogen and oxygen atoms in total. The molecule has 1 unspecified atom stereocenters. The van der Waals surface area contributed by atoms with Gasteiger partial charge in [-0.05, 0) is 24.3 Å². The average molecular weight is 240 g/mol. The summed E-state index contributed by atoms with van der Waals surface area (Å²) in [5.41, 5.74) is 0. The number of hydrogen-bond acceptors (Lipinski definition) is 4. The van der Waals surface area contributed by atoms with E-state index in [1.807, 2.05) is 0 Å². The van der Waals surface area contributed by atoms with Crippen molar-refractivity contribution in [2.75, 3.05) is 26.2 Å². The predicted molar refractivity (Wildman–Crippen MR) is 67.9 cm³/mol. The Labute approximate surface area is 101 Å². The molecule has 2 N–H and O–H groups in total. The molecule has 90 valence electrons. The molecule has 1 aromatic rings. The molecule has 0 radical (unpaired) electrons. The van der Waals surface area contributed by atoms with Crippen molar-refractivity contribution in [2.24, 2.45) is 0 Å². The molecule has 1 saturated heterocycles. The molecule has 16 heavy (non-hydrogen) atoms. The van der Waals surface area contributed by atoms with Crippen LogP contribution in [0.2, 0.25) is 0 Å². The van der Waals surface area contributed by atoms with Crippen molar-refractivity contribution in [3.63, 3.8) is 0 Å². The van der Waals surface area contributed by atoms with E-state index in [0.29, 0.717) is 6.10 Å². The van der Waals surface area contributed by atoms with Crippen LogP contribution in [0.25, 0.3) is 0 Å². The van der Waals surface area contributed by atoms with Crippen LogP contribution in [0.5, 0.6) is 0 Å². The van der Waals surface area contributed by atoms with Gasteiger partial charge in [0.2, 0.25) is 0 Å². The zero-order valence-electron chi connectivity index (χ0n) is 9.58. The van der Waals surface area contributed by atoms with Gasteiger partial charge in [0.15, 0.2) is 0 Å². The number of ether oxygens (including phenoxy) is 1. The highest BCUT2D eigenvalue weighted by atomic mass is 32.1. The Morgan fingerprint density at radius 1 is 1.38 bits per heavy atom. The summed E-state index contributed by atoms with van der Waals surface area (Å²) in [7, 11) is 0. The maximum absolute atomic E-state index is 5.54. The quantitative estimate of drug-likeness (QED) is 0.710. The van der Waals surface area contributed by atoms with Crippen molar-refractivity contribution in [2.45, 2.75) is 25.5 Å². The van der Waals surface area contributed by atoms with Gasteiger partial charge in [-0.3, -0.25) is 0 Å². The molecule has 0 saturated carbocycles. The Balaban J connectivity index is 1.43. The van der Waals surface area contributed by atoms with E-state index >= 15 is 0 Å². The van der Waals surface area contributed by atoms with Gasteiger partial charge in [-0.15, -0.1) is 11.3 Å². The molecule has 0 amide bonds. The normalized spacial score (nSPS) is 20.4. The van der Waals surface area contributed by atoms with E-state index in [0.717, 1.165) is 32.8 Å². The molecule has 0 bridgehead atoms. The van der Waals surface area contributed by atoms with Crippen LogP contribution in [0, 0.1) is 0 Å². The minimum Gasteiger partial charge on any atom is -0.377 e. The van der Waals surface area contributed by atoms with E-state index in [-0.39, 0.29) is 0 Å². The van der Waals surface area contributed by atoms with Crippen LogP contribution in [0.15, 0.2) is 17.5 Å². The van der Waals surface area contributed by atoms with Crippen molar-refractivity contribution in [1.82, 2.24) is 10.6 Å². The van der Waals surface area contributed by atoms with Crippen LogP contribution in [0.3, 0.4) is 0 Å². The highest BCUT2D eigenvalue weighted by Crippen LogP contribution is 2.10. The van der Waals surface area contributed by atoms with Crippen LogP contribution >= 0.6 is 11.3 Å². The molecular weight excluding hydrogens is 220 g/mol. The zero-order valence-corrected chi connectivity index (χ0v) is 10.4. The largest absolute Gasteiger partial charge is 0.377 e. The van der Waals surface area contributed by atoms with E-state index in [1.54, 1.807) is 11.3 Å². The fourth-order valence-corrected chi connectivity index (χ4v) is 2.54. The minimum atomic E-state index is 0.456. The smallest absolute Gasteiger partial charge is 0.0700 e. The van der Waals surface area contributed by atoms with Crippen LogP contribution in [0.4, 0.5) is 0 Å². The first-order chi connectivity index (χ1) is 7.95. The lowest BCUT2D eigenvalue weighted by Crippen LogP contribution is -2.32. The van der Waals surface area contributed by atoms with Crippen molar-refractivity contribution in [3.05, 3.63) is 22.4 Å². The van der Waals surface area contributed by atoms with Crippen LogP contribution < -0.4 is 10.6 Å². The summed E-state index contributed by atoms with van der Waals surface area (Å²) in [6, 6.07) is 4.26. The first-order valence-electron chi connectivity index (χ1n) is 6.00. The molecule has 1 aliphatic heterocycles. The SMILES string of the molecule is c1csc(CNCCNCC2CCCO2)c1. The lowest BCUT2D eigenvalue weighted by molar-refractivity contribution is 0.110. The summed E-state index contributed by atoms with van der Waals surface area (Å²) in [4.78, 5) is 1.40. The van der Waals surface area contributed by atoms with Gasteiger partial charge in [0, 0.05) is 37.7 Å². The molecule has 4 heteroatoms. The van der Waals surface area contributed by atoms with Crippen molar-refractivity contribution in [1.29, 1.82) is 0 Å². The second-order valence-corrected chi connectivity index (χ2v) is 5.13. The Kier molecular flexibility index (Phi) is 5.28. The Hall–Kier alpha value is -0.420. The highest BCUT2D eigenvalue weighted by Gasteiger charge is 2.13. The molecule has 0 aliphatic carbocycles. The molecule has 1 aromatic heterocycles. The first-order valence-corrected chi connectivity index (χ1v) is 6.88. The van der Waals surface area contributed by atoms with Crippen LogP contribution in [0.1, 0.15) is 17.7 Å². The lowest BCUT2D eigenvalue weighted by Gasteiger charge is -2.10. The second-order valence-electron chi connectivity index (χ2n) is 4.10. The summed E-state index contributed by atoms with van der Waals surface area (Å²) >= 11 is 1.80. The fraction of sp³-hybridized carbons (Fsp3) is 0.667. The van der Waals surface area contributed by atoms with E-state index in [1.165, 1.54) is 17.7 Å². The molecule has 1 fully saturated rings. The van der Waals surface area contributed by atoms with Crippen molar-refractivity contribution in [3.8, 4) is 0 Å². The number of rotatable bonds is 7. The van der Waals surface area contributed by atoms with Gasteiger partial charge in [0.05, 0.1) is 6.10 Å². The van der Waals surface area contributed by atoms with Gasteiger partial charge >= 0.3 is 0 Å². The maximum atomic E-state index is 5.54. The molecular formula is C12H20N2OS. The molecule has 1 aliphatic rings. The molecule has 0 spiro atoms. The third-order valence-corrected chi connectivity index (χ3v) is 3.63. The van der Waals surface area contributed by atoms with Gasteiger partial charge in [-0.25, -0.2) is 0 Å². The van der Waals surface area contributed by atoms with E-state index in [2.05, 4.69) is 28.1 Å². The van der Waals surface area contributed by atoms with Crippen molar-refractivity contribution < 1.29 is 4.74 Å². The summed E-state index contributed by atoms with van der Waals surface area (Å²) in [6.07, 6.45) is 2.90. The second kappa shape index (κ2) is 7.01. The van der Waals surface area contributed by atoms with Gasteiger partial charge < -0.3 is 15.4 Å². The van der Waals surface area contributed by atoms with Gasteiger partial charge in [-0.1, -0.05) is 6.07 Å². The van der Waals surface area contributed by atoms with Gasteiger partial charge in [0.25, 0.3) is 0 Å². The van der Waals surface area contributed by atoms with Crippen molar-refractivity contribution >= 4 is 11.3 Å². The minimum absolute atomic E-state index is 0.456. The van der Waals surface area contributed by atoms with Crippen LogP contribution in [-0.2, 0) is 11.3 Å². The molecule has 2 rings (SSSR count). The summed E-state index contributed by atoms with van der Waals surface area (Å²) < 4.78 is 5.54. The molecule has 1 atom stereocenters. The third-order valence-electron chi connectivity index (χ3n) is 2.75. The Morgan fingerprint density at radius 2 is 2.31 bits per heavy atom. The number of thiophene rings is 1. The summed E-state index contributed by atoms with van der Waals surface area (Å²) in [5, 5.41) is 8.96. The van der Waals surface area contributed by atoms with E-state index in [4.69, 9.17) is 4.74 Å². The van der Waals surface area contributed by atoms with E-state index in [9.17, 15) is 0 Å². The van der Waals surface area contributed by atoms with Crippen LogP contribution in [-0.4, -0.2) is 32.3 Å². The zero-order chi connectivity index (χ0) is 11.1. The number of hydrogen-bond donors (Lipinski definition) is 2. The monoisotopic (exact) mass is 240 g/mol. The first kappa shape index (κ1) is 12.0. The lowest BCUT2D eigenvalue weighted by atomic mass is 10.2. The van der Waals surface area contributed by atoms with Gasteiger partial charge in [-0.2, -0.15) is 0 Å². The third kappa shape index (κ3) is 4.22. The average Bonchev–Trinajstić information content (AvgIpc) is 2.96.